The van der Waals surface area contributed by atoms with E-state index in [1.165, 1.54) is 11.8 Å². The van der Waals surface area contributed by atoms with Crippen molar-refractivity contribution in [1.29, 1.82) is 5.26 Å². The molecule has 1 amide bonds. The third-order valence-corrected chi connectivity index (χ3v) is 5.41. The summed E-state index contributed by atoms with van der Waals surface area (Å²) >= 11 is 3.21. The first kappa shape index (κ1) is 19.2. The zero-order valence-electron chi connectivity index (χ0n) is 14.0. The minimum absolute atomic E-state index is 0.0267. The topological polar surface area (TPSA) is 62.1 Å². The van der Waals surface area contributed by atoms with Gasteiger partial charge >= 0.3 is 0 Å². The van der Waals surface area contributed by atoms with Crippen LogP contribution in [0.25, 0.3) is 0 Å². The fourth-order valence-corrected chi connectivity index (χ4v) is 3.66. The number of amides is 1. The highest BCUT2D eigenvalue weighted by molar-refractivity contribution is 8.00. The molecule has 0 aliphatic rings. The molecule has 2 aromatic carbocycles. The molecule has 2 aromatic rings. The van der Waals surface area contributed by atoms with Crippen LogP contribution in [0.2, 0.25) is 0 Å². The van der Waals surface area contributed by atoms with E-state index in [2.05, 4.69) is 11.4 Å². The minimum atomic E-state index is 0.0267. The van der Waals surface area contributed by atoms with Crippen molar-refractivity contribution in [2.75, 3.05) is 25.2 Å². The highest BCUT2D eigenvalue weighted by atomic mass is 32.2. The van der Waals surface area contributed by atoms with Crippen LogP contribution in [-0.4, -0.2) is 31.1 Å². The van der Waals surface area contributed by atoms with Gasteiger partial charge in [-0.1, -0.05) is 18.2 Å². The SMILES string of the molecule is COc1ccc(SCC(=O)NCCSCc2ccccc2C#N)cc1. The number of nitrogens with zero attached hydrogens (tertiary/aromatic N) is 1. The number of nitrogens with one attached hydrogen (secondary N) is 1. The van der Waals surface area contributed by atoms with Gasteiger partial charge in [0.15, 0.2) is 0 Å². The summed E-state index contributed by atoms with van der Waals surface area (Å²) in [5.74, 6) is 2.83. The molecule has 0 aliphatic carbocycles. The predicted octanol–water partition coefficient (Wildman–Crippen LogP) is 3.71. The average Bonchev–Trinajstić information content (AvgIpc) is 2.66. The van der Waals surface area contributed by atoms with E-state index in [1.54, 1.807) is 18.9 Å². The maximum absolute atomic E-state index is 11.9. The summed E-state index contributed by atoms with van der Waals surface area (Å²) < 4.78 is 5.11. The zero-order chi connectivity index (χ0) is 17.9. The number of hydrogen-bond acceptors (Lipinski definition) is 5. The van der Waals surface area contributed by atoms with Crippen molar-refractivity contribution in [3.63, 3.8) is 0 Å². The summed E-state index contributed by atoms with van der Waals surface area (Å²) in [6.45, 7) is 0.626. The van der Waals surface area contributed by atoms with E-state index in [-0.39, 0.29) is 5.91 Å². The molecule has 6 heteroatoms. The van der Waals surface area contributed by atoms with E-state index in [0.29, 0.717) is 12.3 Å². The second-order valence-corrected chi connectivity index (χ2v) is 7.29. The van der Waals surface area contributed by atoms with Crippen molar-refractivity contribution in [1.82, 2.24) is 5.32 Å². The van der Waals surface area contributed by atoms with Crippen LogP contribution in [-0.2, 0) is 10.5 Å². The largest absolute Gasteiger partial charge is 0.497 e. The fraction of sp³-hybridized carbons (Fsp3) is 0.263. The number of hydrogen-bond donors (Lipinski definition) is 1. The lowest BCUT2D eigenvalue weighted by Gasteiger charge is -2.07. The van der Waals surface area contributed by atoms with E-state index >= 15 is 0 Å². The van der Waals surface area contributed by atoms with Gasteiger partial charge in [-0.05, 0) is 35.9 Å². The van der Waals surface area contributed by atoms with Crippen molar-refractivity contribution >= 4 is 29.4 Å². The van der Waals surface area contributed by atoms with Crippen LogP contribution in [0, 0.1) is 11.3 Å². The lowest BCUT2D eigenvalue weighted by atomic mass is 10.1. The van der Waals surface area contributed by atoms with Crippen molar-refractivity contribution in [3.8, 4) is 11.8 Å². The number of carbonyl (C=O) groups excluding carboxylic acids is 1. The van der Waals surface area contributed by atoms with Crippen LogP contribution < -0.4 is 10.1 Å². The van der Waals surface area contributed by atoms with Gasteiger partial charge in [-0.2, -0.15) is 17.0 Å². The van der Waals surface area contributed by atoms with Crippen LogP contribution in [0.15, 0.2) is 53.4 Å². The van der Waals surface area contributed by atoms with Crippen molar-refractivity contribution in [3.05, 3.63) is 59.7 Å². The van der Waals surface area contributed by atoms with E-state index < -0.39 is 0 Å². The van der Waals surface area contributed by atoms with Gasteiger partial charge < -0.3 is 10.1 Å². The number of thioether (sulfide) groups is 2. The molecule has 1 N–H and O–H groups in total. The van der Waals surface area contributed by atoms with Gasteiger partial charge in [-0.15, -0.1) is 11.8 Å². The second kappa shape index (κ2) is 10.7. The molecule has 0 spiro atoms. The predicted molar refractivity (Wildman–Crippen MR) is 104 cm³/mol. The highest BCUT2D eigenvalue weighted by Crippen LogP contribution is 2.21. The monoisotopic (exact) mass is 372 g/mol. The molecule has 4 nitrogen and oxygen atoms in total. The molecule has 0 fully saturated rings. The average molecular weight is 373 g/mol. The number of methoxy groups -OCH3 is 1. The Morgan fingerprint density at radius 1 is 1.20 bits per heavy atom. The number of rotatable bonds is 9. The summed E-state index contributed by atoms with van der Waals surface area (Å²) in [5.41, 5.74) is 1.76. The van der Waals surface area contributed by atoms with Crippen LogP contribution in [0.1, 0.15) is 11.1 Å². The third kappa shape index (κ3) is 6.73. The molecule has 0 saturated heterocycles. The maximum atomic E-state index is 11.9. The smallest absolute Gasteiger partial charge is 0.230 e. The Bertz CT molecular complexity index is 727. The molecule has 0 unspecified atom stereocenters. The quantitative estimate of drug-likeness (QED) is 0.537. The van der Waals surface area contributed by atoms with Gasteiger partial charge in [0.05, 0.1) is 24.5 Å². The molecule has 130 valence electrons. The molecule has 0 atom stereocenters. The van der Waals surface area contributed by atoms with E-state index in [1.807, 2.05) is 48.5 Å². The number of nitriles is 1. The summed E-state index contributed by atoms with van der Waals surface area (Å²) in [6, 6.07) is 17.5. The zero-order valence-corrected chi connectivity index (χ0v) is 15.7. The van der Waals surface area contributed by atoms with E-state index in [9.17, 15) is 4.79 Å². The maximum Gasteiger partial charge on any atom is 0.230 e. The summed E-state index contributed by atoms with van der Waals surface area (Å²) in [4.78, 5) is 12.9. The lowest BCUT2D eigenvalue weighted by molar-refractivity contribution is -0.118. The van der Waals surface area contributed by atoms with Crippen LogP contribution in [0.4, 0.5) is 0 Å². The Kier molecular flexibility index (Phi) is 8.23. The van der Waals surface area contributed by atoms with Gasteiger partial charge in [0.1, 0.15) is 5.75 Å². The molecular weight excluding hydrogens is 352 g/mol. The third-order valence-electron chi connectivity index (χ3n) is 3.39. The van der Waals surface area contributed by atoms with Gasteiger partial charge in [-0.25, -0.2) is 0 Å². The van der Waals surface area contributed by atoms with E-state index in [4.69, 9.17) is 10.00 Å². The first-order valence-corrected chi connectivity index (χ1v) is 9.96. The first-order chi connectivity index (χ1) is 12.2. The fourth-order valence-electron chi connectivity index (χ4n) is 2.07. The Balaban J connectivity index is 1.61. The number of carbonyl (C=O) groups is 1. The van der Waals surface area contributed by atoms with Gasteiger partial charge in [0.2, 0.25) is 5.91 Å². The normalized spacial score (nSPS) is 10.1. The molecule has 0 aliphatic heterocycles. The number of ether oxygens (including phenoxy) is 1. The molecule has 25 heavy (non-hydrogen) atoms. The van der Waals surface area contributed by atoms with Gasteiger partial charge in [0.25, 0.3) is 0 Å². The Morgan fingerprint density at radius 2 is 1.96 bits per heavy atom. The Labute approximate surface area is 157 Å². The summed E-state index contributed by atoms with van der Waals surface area (Å²) in [5, 5.41) is 12.0. The van der Waals surface area contributed by atoms with Crippen molar-refractivity contribution < 1.29 is 9.53 Å². The molecule has 0 aromatic heterocycles. The highest BCUT2D eigenvalue weighted by Gasteiger charge is 2.04. The second-order valence-electron chi connectivity index (χ2n) is 5.14. The first-order valence-electron chi connectivity index (χ1n) is 7.82. The number of benzene rings is 2. The van der Waals surface area contributed by atoms with Crippen molar-refractivity contribution in [2.45, 2.75) is 10.6 Å². The Hall–Kier alpha value is -2.10. The van der Waals surface area contributed by atoms with Crippen molar-refractivity contribution in [2.24, 2.45) is 0 Å². The van der Waals surface area contributed by atoms with E-state index in [0.717, 1.165) is 33.3 Å². The lowest BCUT2D eigenvalue weighted by Crippen LogP contribution is -2.27. The summed E-state index contributed by atoms with van der Waals surface area (Å²) in [7, 11) is 1.63. The molecule has 0 radical (unpaired) electrons. The molecule has 0 bridgehead atoms. The summed E-state index contributed by atoms with van der Waals surface area (Å²) in [6.07, 6.45) is 0. The van der Waals surface area contributed by atoms with Gasteiger partial charge in [-0.3, -0.25) is 4.79 Å². The van der Waals surface area contributed by atoms with Gasteiger partial charge in [0, 0.05) is 22.9 Å². The standard InChI is InChI=1S/C19H20N2O2S2/c1-23-17-6-8-18(9-7-17)25-14-19(22)21-10-11-24-13-16-5-3-2-4-15(16)12-20/h2-9H,10-11,13-14H2,1H3,(H,21,22). The molecule has 2 rings (SSSR count). The van der Waals surface area contributed by atoms with Crippen LogP contribution >= 0.6 is 23.5 Å². The van der Waals surface area contributed by atoms with Crippen LogP contribution in [0.5, 0.6) is 5.75 Å². The molecule has 0 saturated carbocycles. The Morgan fingerprint density at radius 3 is 2.68 bits per heavy atom. The minimum Gasteiger partial charge on any atom is -0.497 e. The molecule has 0 heterocycles. The van der Waals surface area contributed by atoms with Crippen LogP contribution in [0.3, 0.4) is 0 Å². The molecular formula is C19H20N2O2S2.